The Kier molecular flexibility index (Phi) is 6.13. The van der Waals surface area contributed by atoms with Gasteiger partial charge in [-0.15, -0.1) is 10.2 Å². The van der Waals surface area contributed by atoms with Crippen LogP contribution in [-0.4, -0.2) is 30.1 Å². The molecule has 8 nitrogen and oxygen atoms in total. The van der Waals surface area contributed by atoms with Crippen LogP contribution in [0.4, 0.5) is 5.13 Å². The van der Waals surface area contributed by atoms with E-state index >= 15 is 0 Å². The number of carbonyl (C=O) groups is 1. The summed E-state index contributed by atoms with van der Waals surface area (Å²) in [7, 11) is -3.96. The molecule has 1 aliphatic heterocycles. The van der Waals surface area contributed by atoms with Crippen molar-refractivity contribution in [2.24, 2.45) is 0 Å². The maximum absolute atomic E-state index is 13.2. The van der Waals surface area contributed by atoms with Crippen LogP contribution in [0.5, 0.6) is 5.75 Å². The van der Waals surface area contributed by atoms with Crippen LogP contribution in [-0.2, 0) is 10.0 Å². The van der Waals surface area contributed by atoms with E-state index in [4.69, 9.17) is 4.74 Å². The van der Waals surface area contributed by atoms with Gasteiger partial charge in [0, 0.05) is 17.5 Å². The monoisotopic (exact) mass is 498 g/mol. The van der Waals surface area contributed by atoms with Gasteiger partial charge >= 0.3 is 0 Å². The van der Waals surface area contributed by atoms with Crippen molar-refractivity contribution >= 4 is 32.4 Å². The summed E-state index contributed by atoms with van der Waals surface area (Å²) < 4.78 is 35.5. The molecule has 2 N–H and O–H groups in total. The van der Waals surface area contributed by atoms with E-state index in [-0.39, 0.29) is 21.0 Å². The molecular weight excluding hydrogens is 472 g/mol. The van der Waals surface area contributed by atoms with Crippen LogP contribution >= 0.6 is 11.3 Å². The highest BCUT2D eigenvalue weighted by Crippen LogP contribution is 2.46. The topological polar surface area (TPSA) is 110 Å². The lowest BCUT2D eigenvalue weighted by Gasteiger charge is -2.44. The van der Waals surface area contributed by atoms with Gasteiger partial charge in [0.2, 0.25) is 9.47 Å². The minimum absolute atomic E-state index is 0.128. The third-order valence-corrected chi connectivity index (χ3v) is 9.07. The van der Waals surface area contributed by atoms with Gasteiger partial charge in [-0.3, -0.25) is 10.1 Å². The Morgan fingerprint density at radius 1 is 1.09 bits per heavy atom. The van der Waals surface area contributed by atoms with E-state index in [1.807, 2.05) is 37.3 Å². The first-order valence-electron chi connectivity index (χ1n) is 11.4. The average molecular weight is 499 g/mol. The zero-order valence-corrected chi connectivity index (χ0v) is 20.4. The van der Waals surface area contributed by atoms with Crippen molar-refractivity contribution in [3.63, 3.8) is 0 Å². The molecule has 0 saturated heterocycles. The number of hydrogen-bond acceptors (Lipinski definition) is 7. The molecular formula is C24H26N4O4S2. The highest BCUT2D eigenvalue weighted by Gasteiger charge is 2.43. The van der Waals surface area contributed by atoms with E-state index in [0.29, 0.717) is 12.0 Å². The smallest absolute Gasteiger partial charge is 0.270 e. The lowest BCUT2D eigenvalue weighted by atomic mass is 9.77. The number of nitrogens with zero attached hydrogens (tertiary/aromatic N) is 2. The molecule has 1 saturated carbocycles. The molecule has 34 heavy (non-hydrogen) atoms. The SMILES string of the molecule is Cc1cccc(C(=O)Nc2nnc(S(=O)(=O)N[C@H]3CC4(CCCCC4)Oc4ccccc43)s2)c1. The fourth-order valence-electron chi connectivity index (χ4n) is 4.79. The fraction of sp³-hybridized carbons (Fsp3) is 0.375. The molecule has 178 valence electrons. The van der Waals surface area contributed by atoms with Crippen LogP contribution in [0.1, 0.15) is 66.1 Å². The first-order valence-corrected chi connectivity index (χ1v) is 13.7. The number of anilines is 1. The summed E-state index contributed by atoms with van der Waals surface area (Å²) in [4.78, 5) is 12.5. The van der Waals surface area contributed by atoms with Crippen molar-refractivity contribution in [2.45, 2.75) is 61.4 Å². The Hall–Kier alpha value is -2.82. The molecule has 1 fully saturated rings. The van der Waals surface area contributed by atoms with E-state index in [9.17, 15) is 13.2 Å². The normalized spacial score (nSPS) is 19.3. The summed E-state index contributed by atoms with van der Waals surface area (Å²) in [6.45, 7) is 1.89. The highest BCUT2D eigenvalue weighted by atomic mass is 32.2. The summed E-state index contributed by atoms with van der Waals surface area (Å²) in [5.74, 6) is 0.362. The van der Waals surface area contributed by atoms with Gasteiger partial charge in [0.05, 0.1) is 6.04 Å². The number of benzene rings is 2. The van der Waals surface area contributed by atoms with Gasteiger partial charge in [-0.25, -0.2) is 13.1 Å². The van der Waals surface area contributed by atoms with E-state index in [0.717, 1.165) is 53.9 Å². The van der Waals surface area contributed by atoms with Crippen LogP contribution in [0.3, 0.4) is 0 Å². The number of aromatic nitrogens is 2. The number of aryl methyl sites for hydroxylation is 1. The van der Waals surface area contributed by atoms with Gasteiger partial charge in [-0.05, 0) is 50.8 Å². The lowest BCUT2D eigenvalue weighted by molar-refractivity contribution is 0.0000716. The molecule has 10 heteroatoms. The number of ether oxygens (including phenoxy) is 1. The molecule has 0 bridgehead atoms. The summed E-state index contributed by atoms with van der Waals surface area (Å²) >= 11 is 0.828. The number of para-hydroxylation sites is 1. The minimum atomic E-state index is -3.96. The predicted octanol–water partition coefficient (Wildman–Crippen LogP) is 4.60. The summed E-state index contributed by atoms with van der Waals surface area (Å²) in [5.41, 5.74) is 1.88. The van der Waals surface area contributed by atoms with Crippen molar-refractivity contribution < 1.29 is 17.9 Å². The summed E-state index contributed by atoms with van der Waals surface area (Å²) in [6, 6.07) is 14.3. The van der Waals surface area contributed by atoms with Crippen molar-refractivity contribution in [1.82, 2.24) is 14.9 Å². The Balaban J connectivity index is 1.35. The molecule has 2 aliphatic rings. The molecule has 2 aromatic carbocycles. The molecule has 1 aromatic heterocycles. The van der Waals surface area contributed by atoms with E-state index in [1.165, 1.54) is 6.42 Å². The van der Waals surface area contributed by atoms with Gasteiger partial charge in [0.1, 0.15) is 11.4 Å². The molecule has 1 spiro atoms. The van der Waals surface area contributed by atoms with Crippen molar-refractivity contribution in [1.29, 1.82) is 0 Å². The lowest BCUT2D eigenvalue weighted by Crippen LogP contribution is -2.46. The van der Waals surface area contributed by atoms with E-state index in [2.05, 4.69) is 20.2 Å². The largest absolute Gasteiger partial charge is 0.487 e. The van der Waals surface area contributed by atoms with Crippen molar-refractivity contribution in [3.8, 4) is 5.75 Å². The fourth-order valence-corrected chi connectivity index (χ4v) is 6.91. The number of amides is 1. The molecule has 0 radical (unpaired) electrons. The van der Waals surface area contributed by atoms with Gasteiger partial charge in [-0.1, -0.05) is 53.7 Å². The second kappa shape index (κ2) is 9.09. The molecule has 3 aromatic rings. The van der Waals surface area contributed by atoms with Gasteiger partial charge in [0.25, 0.3) is 15.9 Å². The molecule has 1 amide bonds. The van der Waals surface area contributed by atoms with Crippen LogP contribution in [0.15, 0.2) is 52.9 Å². The minimum Gasteiger partial charge on any atom is -0.487 e. The van der Waals surface area contributed by atoms with Gasteiger partial charge in [-0.2, -0.15) is 0 Å². The number of sulfonamides is 1. The number of nitrogens with one attached hydrogen (secondary N) is 2. The van der Waals surface area contributed by atoms with Crippen molar-refractivity contribution in [2.75, 3.05) is 5.32 Å². The van der Waals surface area contributed by atoms with Crippen LogP contribution in [0.25, 0.3) is 0 Å². The second-order valence-corrected chi connectivity index (χ2v) is 11.8. The summed E-state index contributed by atoms with van der Waals surface area (Å²) in [5, 5.41) is 10.5. The standard InChI is InChI=1S/C24H26N4O4S2/c1-16-8-7-9-17(14-16)21(29)25-22-26-27-23(33-22)34(30,31)28-19-15-24(12-5-2-6-13-24)32-20-11-4-3-10-18(19)20/h3-4,7-11,14,19,28H,2,5-6,12-13,15H2,1H3,(H,25,26,29)/t19-/m0/s1. The van der Waals surface area contributed by atoms with Gasteiger partial charge < -0.3 is 4.74 Å². The quantitative estimate of drug-likeness (QED) is 0.497. The zero-order chi connectivity index (χ0) is 23.8. The Bertz CT molecular complexity index is 1320. The van der Waals surface area contributed by atoms with Gasteiger partial charge in [0.15, 0.2) is 0 Å². The zero-order valence-electron chi connectivity index (χ0n) is 18.8. The Morgan fingerprint density at radius 2 is 1.88 bits per heavy atom. The number of rotatable bonds is 5. The van der Waals surface area contributed by atoms with Crippen molar-refractivity contribution in [3.05, 3.63) is 65.2 Å². The second-order valence-electron chi connectivity index (χ2n) is 8.96. The summed E-state index contributed by atoms with van der Waals surface area (Å²) in [6.07, 6.45) is 5.70. The molecule has 0 unspecified atom stereocenters. The Morgan fingerprint density at radius 3 is 2.68 bits per heavy atom. The first kappa shape index (κ1) is 22.9. The highest BCUT2D eigenvalue weighted by molar-refractivity contribution is 7.91. The number of carbonyl (C=O) groups excluding carboxylic acids is 1. The molecule has 1 atom stereocenters. The van der Waals surface area contributed by atoms with Crippen LogP contribution in [0.2, 0.25) is 0 Å². The number of hydrogen-bond donors (Lipinski definition) is 2. The maximum Gasteiger partial charge on any atom is 0.270 e. The maximum atomic E-state index is 13.2. The molecule has 2 heterocycles. The Labute approximate surface area is 202 Å². The average Bonchev–Trinajstić information content (AvgIpc) is 3.29. The predicted molar refractivity (Wildman–Crippen MR) is 130 cm³/mol. The molecule has 5 rings (SSSR count). The van der Waals surface area contributed by atoms with Crippen LogP contribution in [0, 0.1) is 6.92 Å². The molecule has 1 aliphatic carbocycles. The van der Waals surface area contributed by atoms with E-state index in [1.54, 1.807) is 18.2 Å². The third kappa shape index (κ3) is 4.70. The first-order chi connectivity index (χ1) is 16.3. The van der Waals surface area contributed by atoms with E-state index < -0.39 is 16.1 Å². The third-order valence-electron chi connectivity index (χ3n) is 6.40. The van der Waals surface area contributed by atoms with Crippen LogP contribution < -0.4 is 14.8 Å². The number of fused-ring (bicyclic) bond motifs is 1.